The molecule has 0 saturated carbocycles. The molecule has 0 fully saturated rings. The number of carbonyl (C=O) groups is 1. The minimum absolute atomic E-state index is 0.0439. The van der Waals surface area contributed by atoms with Gasteiger partial charge in [-0.15, -0.1) is 0 Å². The van der Waals surface area contributed by atoms with E-state index in [2.05, 4.69) is 10.3 Å². The smallest absolute Gasteiger partial charge is 0.296 e. The highest BCUT2D eigenvalue weighted by Crippen LogP contribution is 2.28. The number of carbonyl (C=O) groups excluding carboxylic acids is 1. The lowest BCUT2D eigenvalue weighted by Gasteiger charge is -2.32. The molecule has 0 saturated heterocycles. The predicted octanol–water partition coefficient (Wildman–Crippen LogP) is 2.63. The number of benzene rings is 2. The summed E-state index contributed by atoms with van der Waals surface area (Å²) < 4.78 is 54.5. The molecule has 2 heterocycles. The summed E-state index contributed by atoms with van der Waals surface area (Å²) in [7, 11) is -3.77. The second-order valence-electron chi connectivity index (χ2n) is 9.27. The number of aromatic nitrogens is 2. The molecule has 10 nitrogen and oxygen atoms in total. The summed E-state index contributed by atoms with van der Waals surface area (Å²) in [5, 5.41) is 2.67. The van der Waals surface area contributed by atoms with Crippen molar-refractivity contribution in [2.24, 2.45) is 0 Å². The Bertz CT molecular complexity index is 1510. The monoisotopic (exact) mass is 545 g/mol. The standard InChI is InChI=1S/C26H28FN3O7S/c1-26(2)25-29-21(22(24(32)30(25)11-12-36-26)35-15-17-7-5-4-6-8-17)23(31)28-14-18-9-10-20(27)13-19(18)16-37-38(3,33)34/h4-10,13H,11-12,14-16H2,1-3H3,(H,28,31). The molecule has 2 aromatic carbocycles. The van der Waals surface area contributed by atoms with Gasteiger partial charge in [0, 0.05) is 6.54 Å². The Hall–Kier alpha value is -3.61. The van der Waals surface area contributed by atoms with Gasteiger partial charge < -0.3 is 14.8 Å². The highest BCUT2D eigenvalue weighted by molar-refractivity contribution is 7.85. The van der Waals surface area contributed by atoms with Crippen LogP contribution in [0.5, 0.6) is 5.75 Å². The largest absolute Gasteiger partial charge is 0.481 e. The van der Waals surface area contributed by atoms with Gasteiger partial charge in [-0.25, -0.2) is 9.37 Å². The van der Waals surface area contributed by atoms with E-state index in [-0.39, 0.29) is 42.5 Å². The van der Waals surface area contributed by atoms with Gasteiger partial charge in [-0.1, -0.05) is 36.4 Å². The third kappa shape index (κ3) is 6.44. The Kier molecular flexibility index (Phi) is 7.95. The molecular formula is C26H28FN3O7S. The highest BCUT2D eigenvalue weighted by atomic mass is 32.2. The molecule has 0 spiro atoms. The van der Waals surface area contributed by atoms with E-state index in [4.69, 9.17) is 13.7 Å². The average molecular weight is 546 g/mol. The second-order valence-corrected chi connectivity index (χ2v) is 10.9. The first-order valence-corrected chi connectivity index (χ1v) is 13.6. The SMILES string of the molecule is CC1(C)OCCn2c1nc(C(=O)NCc1ccc(F)cc1COS(C)(=O)=O)c(OCc1ccccc1)c2=O. The Morgan fingerprint density at radius 1 is 1.16 bits per heavy atom. The fourth-order valence-electron chi connectivity index (χ4n) is 4.01. The molecule has 0 bridgehead atoms. The Morgan fingerprint density at radius 3 is 2.61 bits per heavy atom. The molecule has 202 valence electrons. The first-order valence-electron chi connectivity index (χ1n) is 11.8. The number of nitrogens with one attached hydrogen (secondary N) is 1. The predicted molar refractivity (Wildman–Crippen MR) is 135 cm³/mol. The van der Waals surface area contributed by atoms with Crippen LogP contribution in [-0.2, 0) is 50.9 Å². The zero-order valence-electron chi connectivity index (χ0n) is 21.2. The molecule has 1 aromatic heterocycles. The molecule has 38 heavy (non-hydrogen) atoms. The normalized spacial score (nSPS) is 14.5. The fraction of sp³-hybridized carbons (Fsp3) is 0.346. The van der Waals surface area contributed by atoms with Gasteiger partial charge in [-0.2, -0.15) is 8.42 Å². The van der Waals surface area contributed by atoms with Crippen LogP contribution in [0.25, 0.3) is 0 Å². The van der Waals surface area contributed by atoms with Gasteiger partial charge in [0.25, 0.3) is 21.6 Å². The van der Waals surface area contributed by atoms with Crippen LogP contribution in [0.4, 0.5) is 4.39 Å². The summed E-state index contributed by atoms with van der Waals surface area (Å²) in [4.78, 5) is 31.3. The molecule has 1 N–H and O–H groups in total. The van der Waals surface area contributed by atoms with E-state index in [1.54, 1.807) is 13.8 Å². The van der Waals surface area contributed by atoms with Gasteiger partial charge >= 0.3 is 0 Å². The van der Waals surface area contributed by atoms with Gasteiger partial charge in [0.1, 0.15) is 23.8 Å². The summed E-state index contributed by atoms with van der Waals surface area (Å²) in [5.41, 5.74) is -0.176. The lowest BCUT2D eigenvalue weighted by molar-refractivity contribution is -0.0567. The number of ether oxygens (including phenoxy) is 2. The maximum absolute atomic E-state index is 13.8. The van der Waals surface area contributed by atoms with Crippen LogP contribution in [0.2, 0.25) is 0 Å². The van der Waals surface area contributed by atoms with E-state index in [0.717, 1.165) is 17.9 Å². The van der Waals surface area contributed by atoms with Crippen LogP contribution in [-0.4, -0.2) is 36.7 Å². The number of nitrogens with zero attached hydrogens (tertiary/aromatic N) is 2. The summed E-state index contributed by atoms with van der Waals surface area (Å²) in [6, 6.07) is 12.9. The van der Waals surface area contributed by atoms with Gasteiger partial charge in [0.2, 0.25) is 5.75 Å². The summed E-state index contributed by atoms with van der Waals surface area (Å²) in [6.07, 6.45) is 0.885. The van der Waals surface area contributed by atoms with Crippen molar-refractivity contribution in [1.29, 1.82) is 0 Å². The van der Waals surface area contributed by atoms with Crippen LogP contribution in [0.15, 0.2) is 53.3 Å². The number of hydrogen-bond donors (Lipinski definition) is 1. The zero-order chi connectivity index (χ0) is 27.5. The number of halogens is 1. The molecule has 3 aromatic rings. The molecular weight excluding hydrogens is 517 g/mol. The number of amides is 1. The minimum Gasteiger partial charge on any atom is -0.481 e. The van der Waals surface area contributed by atoms with Crippen molar-refractivity contribution in [1.82, 2.24) is 14.9 Å². The van der Waals surface area contributed by atoms with Crippen molar-refractivity contribution in [3.63, 3.8) is 0 Å². The fourth-order valence-corrected chi connectivity index (χ4v) is 4.35. The highest BCUT2D eigenvalue weighted by Gasteiger charge is 2.35. The van der Waals surface area contributed by atoms with Crippen LogP contribution >= 0.6 is 0 Å². The molecule has 1 aliphatic rings. The number of fused-ring (bicyclic) bond motifs is 1. The lowest BCUT2D eigenvalue weighted by Crippen LogP contribution is -2.43. The minimum atomic E-state index is -3.77. The Morgan fingerprint density at radius 2 is 1.89 bits per heavy atom. The number of hydrogen-bond acceptors (Lipinski definition) is 8. The Balaban J connectivity index is 1.65. The molecule has 0 aliphatic carbocycles. The lowest BCUT2D eigenvalue weighted by atomic mass is 10.1. The maximum atomic E-state index is 13.8. The van der Waals surface area contributed by atoms with Crippen LogP contribution in [0.3, 0.4) is 0 Å². The van der Waals surface area contributed by atoms with Gasteiger partial charge in [-0.3, -0.25) is 18.3 Å². The molecule has 4 rings (SSSR count). The van der Waals surface area contributed by atoms with Gasteiger partial charge in [0.15, 0.2) is 5.69 Å². The van der Waals surface area contributed by atoms with Crippen LogP contribution < -0.4 is 15.6 Å². The van der Waals surface area contributed by atoms with E-state index in [9.17, 15) is 22.4 Å². The summed E-state index contributed by atoms with van der Waals surface area (Å²) >= 11 is 0. The Labute approximate surface area is 219 Å². The van der Waals surface area contributed by atoms with E-state index >= 15 is 0 Å². The van der Waals surface area contributed by atoms with Crippen molar-refractivity contribution < 1.29 is 31.3 Å². The molecule has 0 radical (unpaired) electrons. The zero-order valence-corrected chi connectivity index (χ0v) is 22.0. The van der Waals surface area contributed by atoms with Crippen LogP contribution in [0.1, 0.15) is 46.9 Å². The second kappa shape index (κ2) is 11.0. The molecule has 1 amide bonds. The van der Waals surface area contributed by atoms with Crippen LogP contribution in [0, 0.1) is 5.82 Å². The summed E-state index contributed by atoms with van der Waals surface area (Å²) in [5.74, 6) is -1.20. The summed E-state index contributed by atoms with van der Waals surface area (Å²) in [6.45, 7) is 3.59. The maximum Gasteiger partial charge on any atom is 0.296 e. The quantitative estimate of drug-likeness (QED) is 0.407. The van der Waals surface area contributed by atoms with E-state index < -0.39 is 39.6 Å². The first kappa shape index (κ1) is 27.4. The molecule has 1 aliphatic heterocycles. The van der Waals surface area contributed by atoms with Crippen molar-refractivity contribution in [3.05, 3.63) is 92.9 Å². The van der Waals surface area contributed by atoms with Crippen molar-refractivity contribution in [3.8, 4) is 5.75 Å². The topological polar surface area (TPSA) is 126 Å². The molecule has 0 unspecified atom stereocenters. The van der Waals surface area contributed by atoms with E-state index in [0.29, 0.717) is 12.2 Å². The average Bonchev–Trinajstić information content (AvgIpc) is 2.86. The third-order valence-electron chi connectivity index (χ3n) is 5.92. The molecule has 0 atom stereocenters. The van der Waals surface area contributed by atoms with Crippen molar-refractivity contribution >= 4 is 16.0 Å². The van der Waals surface area contributed by atoms with Gasteiger partial charge in [-0.05, 0) is 42.7 Å². The van der Waals surface area contributed by atoms with Gasteiger partial charge in [0.05, 0.1) is 26.0 Å². The van der Waals surface area contributed by atoms with E-state index in [1.165, 1.54) is 16.7 Å². The first-order chi connectivity index (χ1) is 17.9. The third-order valence-corrected chi connectivity index (χ3v) is 6.47. The molecule has 12 heteroatoms. The van der Waals surface area contributed by atoms with Crippen molar-refractivity contribution in [2.45, 2.75) is 45.8 Å². The number of rotatable bonds is 9. The van der Waals surface area contributed by atoms with E-state index in [1.807, 2.05) is 30.3 Å². The van der Waals surface area contributed by atoms with Crippen molar-refractivity contribution in [2.75, 3.05) is 12.9 Å².